The number of likely N-dealkylation sites (tertiary alicyclic amines) is 1. The number of amides is 2. The van der Waals surface area contributed by atoms with Crippen LogP contribution in [-0.4, -0.2) is 51.2 Å². The summed E-state index contributed by atoms with van der Waals surface area (Å²) >= 11 is 0. The van der Waals surface area contributed by atoms with E-state index in [0.717, 1.165) is 17.0 Å². The number of rotatable bonds is 4. The molecule has 0 radical (unpaired) electrons. The third kappa shape index (κ3) is 3.51. The molecule has 0 spiro atoms. The first-order valence-corrected chi connectivity index (χ1v) is 10.7. The first-order chi connectivity index (χ1) is 15.5. The molecule has 1 aromatic carbocycles. The summed E-state index contributed by atoms with van der Waals surface area (Å²) < 4.78 is 6.90. The number of methoxy groups -OCH3 is 1. The summed E-state index contributed by atoms with van der Waals surface area (Å²) in [4.78, 5) is 46.8. The highest BCUT2D eigenvalue weighted by Gasteiger charge is 2.38. The number of hydrogen-bond acceptors (Lipinski definition) is 5. The Morgan fingerprint density at radius 2 is 1.97 bits per heavy atom. The van der Waals surface area contributed by atoms with Crippen LogP contribution >= 0.6 is 0 Å². The Balaban J connectivity index is 1.32. The number of ether oxygens (including phenoxy) is 1. The van der Waals surface area contributed by atoms with E-state index in [2.05, 4.69) is 4.98 Å². The van der Waals surface area contributed by atoms with Gasteiger partial charge < -0.3 is 14.5 Å². The summed E-state index contributed by atoms with van der Waals surface area (Å²) in [5.74, 6) is 0.196. The number of para-hydroxylation sites is 1. The highest BCUT2D eigenvalue weighted by atomic mass is 16.5. The van der Waals surface area contributed by atoms with Gasteiger partial charge in [-0.05, 0) is 18.2 Å². The van der Waals surface area contributed by atoms with E-state index in [1.165, 1.54) is 4.40 Å². The lowest BCUT2D eigenvalue weighted by Gasteiger charge is -2.30. The molecular formula is C24H24N4O4. The monoisotopic (exact) mass is 432 g/mol. The van der Waals surface area contributed by atoms with Crippen LogP contribution in [0.5, 0.6) is 5.75 Å². The van der Waals surface area contributed by atoms with Crippen LogP contribution in [0, 0.1) is 5.92 Å². The van der Waals surface area contributed by atoms with Crippen LogP contribution in [0.1, 0.15) is 23.2 Å². The second-order valence-corrected chi connectivity index (χ2v) is 8.27. The quantitative estimate of drug-likeness (QED) is 0.626. The normalized spacial score (nSPS) is 18.2. The van der Waals surface area contributed by atoms with E-state index >= 15 is 0 Å². The number of fused-ring (bicyclic) bond motifs is 2. The third-order valence-corrected chi connectivity index (χ3v) is 6.31. The summed E-state index contributed by atoms with van der Waals surface area (Å²) in [5.41, 5.74) is 2.70. The maximum absolute atomic E-state index is 13.2. The van der Waals surface area contributed by atoms with E-state index in [1.54, 1.807) is 35.2 Å². The highest BCUT2D eigenvalue weighted by Crippen LogP contribution is 2.27. The average Bonchev–Trinajstić information content (AvgIpc) is 3.19. The van der Waals surface area contributed by atoms with E-state index in [1.807, 2.05) is 30.3 Å². The van der Waals surface area contributed by atoms with E-state index in [0.29, 0.717) is 37.3 Å². The van der Waals surface area contributed by atoms with Gasteiger partial charge in [-0.25, -0.2) is 4.98 Å². The van der Waals surface area contributed by atoms with Crippen molar-refractivity contribution in [3.05, 3.63) is 75.8 Å². The molecule has 5 rings (SSSR count). The second-order valence-electron chi connectivity index (χ2n) is 8.27. The van der Waals surface area contributed by atoms with E-state index in [4.69, 9.17) is 4.74 Å². The Kier molecular flexibility index (Phi) is 5.13. The van der Waals surface area contributed by atoms with Gasteiger partial charge in [-0.15, -0.1) is 0 Å². The average molecular weight is 432 g/mol. The minimum absolute atomic E-state index is 0.0422. The van der Waals surface area contributed by atoms with Gasteiger partial charge in [0.25, 0.3) is 5.56 Å². The Morgan fingerprint density at radius 1 is 1.16 bits per heavy atom. The topological polar surface area (TPSA) is 84.2 Å². The molecule has 0 aliphatic carbocycles. The van der Waals surface area contributed by atoms with Gasteiger partial charge in [0.05, 0.1) is 30.8 Å². The van der Waals surface area contributed by atoms with Gasteiger partial charge in [0, 0.05) is 44.2 Å². The van der Waals surface area contributed by atoms with Crippen molar-refractivity contribution >= 4 is 17.5 Å². The van der Waals surface area contributed by atoms with Crippen molar-refractivity contribution in [1.29, 1.82) is 0 Å². The van der Waals surface area contributed by atoms with E-state index < -0.39 is 5.92 Å². The zero-order chi connectivity index (χ0) is 22.2. The summed E-state index contributed by atoms with van der Waals surface area (Å²) in [6.45, 7) is 1.51. The third-order valence-electron chi connectivity index (χ3n) is 6.31. The molecule has 32 heavy (non-hydrogen) atoms. The molecule has 1 atom stereocenters. The molecule has 0 saturated carbocycles. The van der Waals surface area contributed by atoms with E-state index in [9.17, 15) is 14.4 Å². The maximum Gasteiger partial charge on any atom is 0.263 e. The van der Waals surface area contributed by atoms with Gasteiger partial charge in [-0.1, -0.05) is 24.3 Å². The number of pyridine rings is 1. The number of nitrogens with zero attached hydrogens (tertiary/aromatic N) is 4. The largest absolute Gasteiger partial charge is 0.496 e. The number of hydrogen-bond donors (Lipinski definition) is 0. The molecule has 2 amide bonds. The molecule has 2 aliphatic rings. The van der Waals surface area contributed by atoms with Gasteiger partial charge in [0.2, 0.25) is 11.8 Å². The summed E-state index contributed by atoms with van der Waals surface area (Å²) in [6.07, 6.45) is 2.41. The Morgan fingerprint density at radius 3 is 2.81 bits per heavy atom. The zero-order valence-corrected chi connectivity index (χ0v) is 17.9. The van der Waals surface area contributed by atoms with Crippen LogP contribution in [0.15, 0.2) is 53.5 Å². The molecule has 8 heteroatoms. The van der Waals surface area contributed by atoms with Crippen molar-refractivity contribution in [1.82, 2.24) is 19.2 Å². The number of benzene rings is 1. The second kappa shape index (κ2) is 8.11. The Labute approximate surface area is 185 Å². The van der Waals surface area contributed by atoms with Gasteiger partial charge in [0.15, 0.2) is 0 Å². The predicted octanol–water partition coefficient (Wildman–Crippen LogP) is 1.64. The lowest BCUT2D eigenvalue weighted by Crippen LogP contribution is -2.43. The van der Waals surface area contributed by atoms with Crippen LogP contribution in [0.4, 0.5) is 0 Å². The molecule has 8 nitrogen and oxygen atoms in total. The molecular weight excluding hydrogens is 408 g/mol. The molecule has 164 valence electrons. The van der Waals surface area contributed by atoms with Crippen molar-refractivity contribution < 1.29 is 14.3 Å². The molecule has 3 aromatic rings. The zero-order valence-electron chi connectivity index (χ0n) is 17.9. The molecule has 4 heterocycles. The Hall–Kier alpha value is -3.68. The van der Waals surface area contributed by atoms with Crippen molar-refractivity contribution in [2.75, 3.05) is 20.2 Å². The summed E-state index contributed by atoms with van der Waals surface area (Å²) in [5, 5.41) is 0. The van der Waals surface area contributed by atoms with Crippen molar-refractivity contribution in [3.63, 3.8) is 0 Å². The van der Waals surface area contributed by atoms with E-state index in [-0.39, 0.29) is 30.3 Å². The smallest absolute Gasteiger partial charge is 0.263 e. The molecule has 2 aromatic heterocycles. The fraction of sp³-hybridized carbons (Fsp3) is 0.333. The van der Waals surface area contributed by atoms with Crippen LogP contribution < -0.4 is 10.3 Å². The number of aromatic nitrogens is 2. The molecule has 1 saturated heterocycles. The molecule has 0 bridgehead atoms. The first-order valence-electron chi connectivity index (χ1n) is 10.7. The fourth-order valence-corrected chi connectivity index (χ4v) is 4.62. The first kappa shape index (κ1) is 20.2. The molecule has 1 unspecified atom stereocenters. The lowest BCUT2D eigenvalue weighted by atomic mass is 10.0. The van der Waals surface area contributed by atoms with Crippen molar-refractivity contribution in [2.24, 2.45) is 5.92 Å². The standard InChI is InChI=1S/C24H24N4O4/c1-32-20-7-3-2-6-16(20)13-27-14-17(12-22(27)29)23(30)26-11-9-19-18(15-26)24(31)28-10-5-4-8-21(28)25-19/h2-8,10,17H,9,11-15H2,1H3. The van der Waals surface area contributed by atoms with Gasteiger partial charge in [-0.3, -0.25) is 18.8 Å². The summed E-state index contributed by atoms with van der Waals surface area (Å²) in [7, 11) is 1.60. The fourth-order valence-electron chi connectivity index (χ4n) is 4.62. The molecule has 1 fully saturated rings. The van der Waals surface area contributed by atoms with Crippen molar-refractivity contribution in [3.8, 4) is 5.75 Å². The van der Waals surface area contributed by atoms with Gasteiger partial charge >= 0.3 is 0 Å². The minimum Gasteiger partial charge on any atom is -0.496 e. The molecule has 2 aliphatic heterocycles. The Bertz CT molecular complexity index is 1270. The number of carbonyl (C=O) groups is 2. The van der Waals surface area contributed by atoms with Gasteiger partial charge in [-0.2, -0.15) is 0 Å². The number of carbonyl (C=O) groups excluding carboxylic acids is 2. The SMILES string of the molecule is COc1ccccc1CN1CC(C(=O)N2CCc3nc4ccccn4c(=O)c3C2)CC1=O. The van der Waals surface area contributed by atoms with Crippen molar-refractivity contribution in [2.45, 2.75) is 25.9 Å². The molecule has 0 N–H and O–H groups in total. The van der Waals surface area contributed by atoms with Crippen LogP contribution in [0.2, 0.25) is 0 Å². The van der Waals surface area contributed by atoms with Gasteiger partial charge in [0.1, 0.15) is 11.4 Å². The lowest BCUT2D eigenvalue weighted by molar-refractivity contribution is -0.136. The summed E-state index contributed by atoms with van der Waals surface area (Å²) in [6, 6.07) is 13.0. The predicted molar refractivity (Wildman–Crippen MR) is 117 cm³/mol. The minimum atomic E-state index is -0.407. The highest BCUT2D eigenvalue weighted by molar-refractivity contribution is 5.89. The van der Waals surface area contributed by atoms with Crippen LogP contribution in [0.3, 0.4) is 0 Å². The maximum atomic E-state index is 13.2. The van der Waals surface area contributed by atoms with Crippen LogP contribution in [-0.2, 0) is 29.1 Å². The van der Waals surface area contributed by atoms with Crippen LogP contribution in [0.25, 0.3) is 5.65 Å².